The van der Waals surface area contributed by atoms with Gasteiger partial charge in [0, 0.05) is 68.1 Å². The molecule has 0 aliphatic carbocycles. The van der Waals surface area contributed by atoms with Crippen LogP contribution in [0.25, 0.3) is 52.5 Å². The molecular weight excluding hydrogens is 939 g/mol. The summed E-state index contributed by atoms with van der Waals surface area (Å²) in [4.78, 5) is 61.7. The molecule has 16 heteroatoms. The monoisotopic (exact) mass is 971 g/mol. The first-order valence-corrected chi connectivity index (χ1v) is 24.5. The van der Waals surface area contributed by atoms with Gasteiger partial charge in [0.15, 0.2) is 0 Å². The maximum atomic E-state index is 12.8. The molecule has 7 aromatic rings. The molecule has 6 heterocycles. The summed E-state index contributed by atoms with van der Waals surface area (Å²) < 4.78 is 0.248. The number of nitrogens with zero attached hydrogens (tertiary/aromatic N) is 3. The van der Waals surface area contributed by atoms with Crippen LogP contribution in [-0.2, 0) is 19.2 Å². The number of thioether (sulfide) groups is 1. The molecule has 2 aliphatic rings. The zero-order chi connectivity index (χ0) is 44.6. The first kappa shape index (κ1) is 43.4. The number of carboxylic acid groups (broad SMARTS) is 2. The van der Waals surface area contributed by atoms with Crippen LogP contribution in [0, 0.1) is 6.92 Å². The highest BCUT2D eigenvalue weighted by atomic mass is 32.2. The fraction of sp³-hybridized carbons (Fsp3) is 0.0833. The largest absolute Gasteiger partial charge is 0.480 e. The van der Waals surface area contributed by atoms with Gasteiger partial charge < -0.3 is 15.1 Å². The lowest BCUT2D eigenvalue weighted by Crippen LogP contribution is -2.33. The number of aryl methyl sites for hydroxylation is 1. The Labute approximate surface area is 398 Å². The summed E-state index contributed by atoms with van der Waals surface area (Å²) in [5.41, 5.74) is 6.96. The van der Waals surface area contributed by atoms with Gasteiger partial charge in [-0.05, 0) is 115 Å². The molecule has 318 valence electrons. The van der Waals surface area contributed by atoms with Gasteiger partial charge in [-0.2, -0.15) is 0 Å². The maximum Gasteiger partial charge on any atom is 0.323 e. The fourth-order valence-electron chi connectivity index (χ4n) is 7.17. The van der Waals surface area contributed by atoms with Crippen LogP contribution in [0.5, 0.6) is 0 Å². The number of carbonyl (C=O) groups excluding carboxylic acids is 2. The Kier molecular flexibility index (Phi) is 12.4. The minimum Gasteiger partial charge on any atom is -0.480 e. The molecule has 2 amide bonds. The van der Waals surface area contributed by atoms with Crippen molar-refractivity contribution in [2.75, 3.05) is 18.0 Å². The van der Waals surface area contributed by atoms with E-state index in [0.717, 1.165) is 88.8 Å². The molecule has 3 aromatic carbocycles. The molecule has 2 aliphatic heterocycles. The SMILES string of the molecule is Cc1ccc(N(c2ccc(-c3ccc(-c4ccc(/C=C5/CC(=S)N(CC(=O)O)C5=O)s4)s3)cc2)c2ccc(-c3ccc(-c4ccc(/C=C5\SC(=S)N(CC(=O)O)C5=O)s4)s3)cc2)cc1. The second-order valence-electron chi connectivity index (χ2n) is 14.7. The molecular formula is C48H33N3O6S7. The van der Waals surface area contributed by atoms with Gasteiger partial charge in [-0.3, -0.25) is 29.0 Å². The number of thiophene rings is 4. The van der Waals surface area contributed by atoms with Crippen LogP contribution in [0.1, 0.15) is 21.7 Å². The van der Waals surface area contributed by atoms with Gasteiger partial charge in [0.25, 0.3) is 11.8 Å². The third-order valence-corrected chi connectivity index (χ3v) is 16.7. The highest BCUT2D eigenvalue weighted by molar-refractivity contribution is 8.26. The van der Waals surface area contributed by atoms with Crippen LogP contribution >= 0.6 is 81.5 Å². The van der Waals surface area contributed by atoms with Crippen LogP contribution in [0.3, 0.4) is 0 Å². The Balaban J connectivity index is 0.906. The van der Waals surface area contributed by atoms with E-state index in [-0.39, 0.29) is 22.6 Å². The van der Waals surface area contributed by atoms with E-state index in [2.05, 4.69) is 109 Å². The van der Waals surface area contributed by atoms with Crippen molar-refractivity contribution >= 4 is 144 Å². The zero-order valence-electron chi connectivity index (χ0n) is 33.5. The highest BCUT2D eigenvalue weighted by Gasteiger charge is 2.34. The van der Waals surface area contributed by atoms with Crippen LogP contribution in [-0.4, -0.2) is 66.2 Å². The van der Waals surface area contributed by atoms with Crippen LogP contribution < -0.4 is 4.90 Å². The molecule has 0 saturated carbocycles. The van der Waals surface area contributed by atoms with Crippen molar-refractivity contribution in [2.24, 2.45) is 0 Å². The average molecular weight is 972 g/mol. The number of amides is 2. The van der Waals surface area contributed by atoms with Gasteiger partial charge >= 0.3 is 11.9 Å². The molecule has 9 nitrogen and oxygen atoms in total. The molecule has 0 spiro atoms. The van der Waals surface area contributed by atoms with Crippen molar-refractivity contribution in [1.29, 1.82) is 0 Å². The summed E-state index contributed by atoms with van der Waals surface area (Å²) in [7, 11) is 0. The standard InChI is InChI=1S/C48H33N3O6S7/c1-27-2-8-31(9-3-27)51(32-10-4-28(5-11-32)36-18-20-40(62-36)38-16-14-34(60-38)22-30-23-43(58)49(46(30)56)25-44(52)53)33-12-6-29(7-13-33)37-19-21-41(63-37)39-17-15-35(61-39)24-42-47(57)50(26-45(54)55)48(59)64-42/h2-22,24H,23,25-26H2,1H3,(H,52,53)(H,54,55)/b30-22-,42-24-. The Hall–Kier alpha value is -5.85. The van der Waals surface area contributed by atoms with Gasteiger partial charge in [0.2, 0.25) is 0 Å². The summed E-state index contributed by atoms with van der Waals surface area (Å²) in [6, 6.07) is 42.2. The van der Waals surface area contributed by atoms with Gasteiger partial charge in [0.05, 0.1) is 9.89 Å². The van der Waals surface area contributed by atoms with Gasteiger partial charge in [-0.25, -0.2) is 0 Å². The quantitative estimate of drug-likeness (QED) is 0.0854. The Morgan fingerprint density at radius 2 is 1.02 bits per heavy atom. The molecule has 0 unspecified atom stereocenters. The van der Waals surface area contributed by atoms with Crippen molar-refractivity contribution in [3.63, 3.8) is 0 Å². The van der Waals surface area contributed by atoms with E-state index < -0.39 is 25.0 Å². The predicted molar refractivity (Wildman–Crippen MR) is 271 cm³/mol. The number of carboxylic acids is 2. The summed E-state index contributed by atoms with van der Waals surface area (Å²) in [5.74, 6) is -2.94. The van der Waals surface area contributed by atoms with Crippen molar-refractivity contribution in [2.45, 2.75) is 13.3 Å². The van der Waals surface area contributed by atoms with E-state index in [1.54, 1.807) is 51.4 Å². The van der Waals surface area contributed by atoms with Gasteiger partial charge in [-0.1, -0.05) is 78.2 Å². The Morgan fingerprint density at radius 1 is 0.578 bits per heavy atom. The van der Waals surface area contributed by atoms with Crippen LogP contribution in [0.4, 0.5) is 17.1 Å². The fourth-order valence-corrected chi connectivity index (χ4v) is 12.9. The molecule has 2 N–H and O–H groups in total. The number of aliphatic carboxylic acids is 2. The number of carbonyl (C=O) groups is 4. The average Bonchev–Trinajstić information content (AvgIpc) is 4.15. The number of anilines is 3. The van der Waals surface area contributed by atoms with E-state index in [4.69, 9.17) is 34.6 Å². The van der Waals surface area contributed by atoms with E-state index in [1.165, 1.54) is 5.56 Å². The van der Waals surface area contributed by atoms with Crippen LogP contribution in [0.2, 0.25) is 0 Å². The van der Waals surface area contributed by atoms with Crippen molar-refractivity contribution in [3.05, 3.63) is 147 Å². The minimum absolute atomic E-state index is 0.248. The Morgan fingerprint density at radius 3 is 1.53 bits per heavy atom. The second kappa shape index (κ2) is 18.3. The molecule has 64 heavy (non-hydrogen) atoms. The lowest BCUT2D eigenvalue weighted by molar-refractivity contribution is -0.140. The lowest BCUT2D eigenvalue weighted by Gasteiger charge is -2.26. The van der Waals surface area contributed by atoms with Crippen molar-refractivity contribution < 1.29 is 29.4 Å². The third kappa shape index (κ3) is 9.21. The van der Waals surface area contributed by atoms with Gasteiger partial charge in [0.1, 0.15) is 17.4 Å². The zero-order valence-corrected chi connectivity index (χ0v) is 39.3. The van der Waals surface area contributed by atoms with Crippen molar-refractivity contribution in [3.8, 4) is 40.4 Å². The first-order valence-electron chi connectivity index (χ1n) is 19.6. The molecule has 2 fully saturated rings. The van der Waals surface area contributed by atoms with Crippen molar-refractivity contribution in [1.82, 2.24) is 9.80 Å². The predicted octanol–water partition coefficient (Wildman–Crippen LogP) is 12.7. The second-order valence-corrected chi connectivity index (χ2v) is 21.2. The number of hydrogen-bond acceptors (Lipinski definition) is 12. The Bertz CT molecular complexity index is 2880. The first-order chi connectivity index (χ1) is 30.9. The minimum atomic E-state index is -1.11. The molecule has 9 rings (SSSR count). The summed E-state index contributed by atoms with van der Waals surface area (Å²) in [6.07, 6.45) is 3.85. The maximum absolute atomic E-state index is 12.8. The summed E-state index contributed by atoms with van der Waals surface area (Å²) >= 11 is 18.2. The number of benzene rings is 3. The molecule has 0 atom stereocenters. The smallest absolute Gasteiger partial charge is 0.323 e. The third-order valence-electron chi connectivity index (χ3n) is 10.3. The summed E-state index contributed by atoms with van der Waals surface area (Å²) in [6.45, 7) is 1.20. The lowest BCUT2D eigenvalue weighted by atomic mass is 10.1. The number of likely N-dealkylation sites (tertiary alicyclic amines) is 1. The summed E-state index contributed by atoms with van der Waals surface area (Å²) in [5, 5.41) is 18.3. The molecule has 2 saturated heterocycles. The molecule has 0 bridgehead atoms. The normalized spacial score (nSPS) is 15.3. The number of thiocarbonyl (C=S) groups is 2. The van der Waals surface area contributed by atoms with E-state index in [0.29, 0.717) is 15.5 Å². The van der Waals surface area contributed by atoms with E-state index in [1.807, 2.05) is 30.3 Å². The number of rotatable bonds is 13. The molecule has 0 radical (unpaired) electrons. The highest BCUT2D eigenvalue weighted by Crippen LogP contribution is 2.43. The van der Waals surface area contributed by atoms with E-state index in [9.17, 15) is 19.2 Å². The van der Waals surface area contributed by atoms with Gasteiger partial charge in [-0.15, -0.1) is 45.3 Å². The van der Waals surface area contributed by atoms with Crippen LogP contribution in [0.15, 0.2) is 132 Å². The molecule has 4 aromatic heterocycles. The number of hydrogen-bond donors (Lipinski definition) is 2. The van der Waals surface area contributed by atoms with E-state index >= 15 is 0 Å². The topological polar surface area (TPSA) is 118 Å².